The first-order valence-corrected chi connectivity index (χ1v) is 12.8. The zero-order chi connectivity index (χ0) is 23.0. The molecule has 0 bridgehead atoms. The molecule has 0 saturated carbocycles. The molecule has 1 aliphatic rings. The molecular formula is C23H29BrN2O5S. The van der Waals surface area contributed by atoms with Gasteiger partial charge in [0.1, 0.15) is 10.6 Å². The molecule has 1 heterocycles. The molecule has 0 fully saturated rings. The monoisotopic (exact) mass is 524 g/mol. The molecule has 0 aromatic heterocycles. The number of rotatable bonds is 13. The van der Waals surface area contributed by atoms with Crippen LogP contribution in [0.1, 0.15) is 24.0 Å². The Kier molecular flexibility index (Phi) is 9.24. The van der Waals surface area contributed by atoms with E-state index in [4.69, 9.17) is 14.2 Å². The van der Waals surface area contributed by atoms with E-state index in [1.165, 1.54) is 0 Å². The lowest BCUT2D eigenvalue weighted by Crippen LogP contribution is -2.31. The van der Waals surface area contributed by atoms with Gasteiger partial charge in [0.05, 0.1) is 25.5 Å². The highest BCUT2D eigenvalue weighted by Crippen LogP contribution is 2.32. The third kappa shape index (κ3) is 6.62. The van der Waals surface area contributed by atoms with E-state index < -0.39 is 10.0 Å². The molecule has 32 heavy (non-hydrogen) atoms. The lowest BCUT2D eigenvalue weighted by atomic mass is 10.0. The fraction of sp³-hybridized carbons (Fsp3) is 0.435. The number of hydrogen-bond donors (Lipinski definition) is 0. The summed E-state index contributed by atoms with van der Waals surface area (Å²) in [5.41, 5.74) is 1.83. The van der Waals surface area contributed by atoms with Crippen LogP contribution >= 0.6 is 15.9 Å². The third-order valence-electron chi connectivity index (χ3n) is 5.18. The molecule has 9 heteroatoms. The number of sulfonamides is 1. The van der Waals surface area contributed by atoms with Gasteiger partial charge in [-0.1, -0.05) is 28.1 Å². The van der Waals surface area contributed by atoms with Crippen molar-refractivity contribution in [2.75, 3.05) is 53.7 Å². The highest BCUT2D eigenvalue weighted by Gasteiger charge is 2.30. The van der Waals surface area contributed by atoms with Gasteiger partial charge in [-0.05, 0) is 43.7 Å². The Hall–Kier alpha value is -1.78. The third-order valence-corrected chi connectivity index (χ3v) is 7.02. The molecule has 0 aliphatic carbocycles. The smallest absolute Gasteiger partial charge is 0.283 e. The molecule has 1 aliphatic heterocycles. The molecule has 3 rings (SSSR count). The van der Waals surface area contributed by atoms with Gasteiger partial charge in [-0.3, -0.25) is 4.90 Å². The van der Waals surface area contributed by atoms with Crippen molar-refractivity contribution in [2.45, 2.75) is 17.7 Å². The van der Waals surface area contributed by atoms with Gasteiger partial charge < -0.3 is 14.2 Å². The first kappa shape index (κ1) is 24.9. The van der Waals surface area contributed by atoms with Crippen LogP contribution in [0.25, 0.3) is 0 Å². The molecular weight excluding hydrogens is 496 g/mol. The van der Waals surface area contributed by atoms with E-state index in [1.807, 2.05) is 24.3 Å². The maximum absolute atomic E-state index is 12.6. The number of methoxy groups -OCH3 is 2. The molecule has 0 unspecified atom stereocenters. The quantitative estimate of drug-likeness (QED) is 0.371. The number of benzene rings is 2. The average Bonchev–Trinajstić information content (AvgIpc) is 3.05. The van der Waals surface area contributed by atoms with E-state index in [2.05, 4.69) is 25.2 Å². The molecule has 0 spiro atoms. The van der Waals surface area contributed by atoms with Gasteiger partial charge in [-0.15, -0.1) is 0 Å². The van der Waals surface area contributed by atoms with Gasteiger partial charge in [-0.25, -0.2) is 0 Å². The van der Waals surface area contributed by atoms with Gasteiger partial charge in [0.15, 0.2) is 0 Å². The maximum Gasteiger partial charge on any atom is 0.283 e. The summed E-state index contributed by atoms with van der Waals surface area (Å²) >= 11 is 3.39. The predicted octanol–water partition coefficient (Wildman–Crippen LogP) is 3.74. The molecule has 2 aromatic carbocycles. The van der Waals surface area contributed by atoms with E-state index in [1.54, 1.807) is 32.4 Å². The zero-order valence-corrected chi connectivity index (χ0v) is 20.8. The molecule has 0 saturated heterocycles. The summed E-state index contributed by atoms with van der Waals surface area (Å²) < 4.78 is 46.3. The van der Waals surface area contributed by atoms with Crippen molar-refractivity contribution < 1.29 is 22.6 Å². The number of halogens is 1. The minimum Gasteiger partial charge on any atom is -0.494 e. The zero-order valence-electron chi connectivity index (χ0n) is 18.4. The standard InChI is InChI=1S/C23H29BrN2O5S/c1-29-15-12-26(13-16-30-2)11-3-4-14-31-20-9-10-21-22(17-20)32(27,28)25-23(21)18-5-7-19(24)8-6-18/h5-10,17H,3-4,11-16H2,1-2H3. The molecule has 174 valence electrons. The van der Waals surface area contributed by atoms with Crippen molar-refractivity contribution in [1.82, 2.24) is 4.90 Å². The second-order valence-corrected chi connectivity index (χ2v) is 9.95. The Bertz CT molecular complexity index is 1020. The van der Waals surface area contributed by atoms with Gasteiger partial charge in [0.25, 0.3) is 10.0 Å². The Balaban J connectivity index is 1.56. The maximum atomic E-state index is 12.6. The van der Waals surface area contributed by atoms with Gasteiger partial charge in [0.2, 0.25) is 0 Å². The van der Waals surface area contributed by atoms with Crippen LogP contribution in [0.2, 0.25) is 0 Å². The lowest BCUT2D eigenvalue weighted by molar-refractivity contribution is 0.112. The van der Waals surface area contributed by atoms with Crippen LogP contribution in [0.4, 0.5) is 0 Å². The molecule has 2 aromatic rings. The Labute approximate surface area is 198 Å². The number of fused-ring (bicyclic) bond motifs is 1. The SMILES string of the molecule is COCCN(CCCCOc1ccc2c(c1)S(=O)(=O)N=C2c1ccc(Br)cc1)CCOC. The van der Waals surface area contributed by atoms with Crippen molar-refractivity contribution in [2.24, 2.45) is 4.40 Å². The highest BCUT2D eigenvalue weighted by molar-refractivity contribution is 9.10. The minimum absolute atomic E-state index is 0.193. The van der Waals surface area contributed by atoms with Crippen LogP contribution in [0, 0.1) is 0 Å². The normalized spacial score (nSPS) is 14.4. The predicted molar refractivity (Wildman–Crippen MR) is 128 cm³/mol. The molecule has 0 radical (unpaired) electrons. The molecule has 7 nitrogen and oxygen atoms in total. The largest absolute Gasteiger partial charge is 0.494 e. The average molecular weight is 525 g/mol. The topological polar surface area (TPSA) is 77.4 Å². The first-order chi connectivity index (χ1) is 15.4. The van der Waals surface area contributed by atoms with E-state index in [0.29, 0.717) is 36.8 Å². The van der Waals surface area contributed by atoms with Gasteiger partial charge in [0, 0.05) is 49.0 Å². The van der Waals surface area contributed by atoms with Crippen molar-refractivity contribution in [3.8, 4) is 5.75 Å². The second-order valence-electron chi connectivity index (χ2n) is 7.46. The van der Waals surface area contributed by atoms with Gasteiger partial charge >= 0.3 is 0 Å². The summed E-state index contributed by atoms with van der Waals surface area (Å²) in [7, 11) is -0.333. The van der Waals surface area contributed by atoms with Crippen LogP contribution in [0.15, 0.2) is 56.2 Å². The van der Waals surface area contributed by atoms with E-state index in [-0.39, 0.29) is 4.90 Å². The van der Waals surface area contributed by atoms with Crippen molar-refractivity contribution in [3.05, 3.63) is 58.1 Å². The molecule has 0 atom stereocenters. The Morgan fingerprint density at radius 1 is 0.906 bits per heavy atom. The highest BCUT2D eigenvalue weighted by atomic mass is 79.9. The summed E-state index contributed by atoms with van der Waals surface area (Å²) in [4.78, 5) is 2.49. The fourth-order valence-corrected chi connectivity index (χ4v) is 4.95. The van der Waals surface area contributed by atoms with Crippen LogP contribution in [-0.4, -0.2) is 72.7 Å². The summed E-state index contributed by atoms with van der Waals surface area (Å²) in [6, 6.07) is 12.6. The number of nitrogens with zero attached hydrogens (tertiary/aromatic N) is 2. The lowest BCUT2D eigenvalue weighted by Gasteiger charge is -2.21. The summed E-state index contributed by atoms with van der Waals surface area (Å²) in [5.74, 6) is 0.537. The number of hydrogen-bond acceptors (Lipinski definition) is 6. The fourth-order valence-electron chi connectivity index (χ4n) is 3.44. The van der Waals surface area contributed by atoms with E-state index in [9.17, 15) is 8.42 Å². The van der Waals surface area contributed by atoms with Crippen LogP contribution < -0.4 is 4.74 Å². The van der Waals surface area contributed by atoms with Crippen molar-refractivity contribution >= 4 is 31.7 Å². The minimum atomic E-state index is -3.73. The van der Waals surface area contributed by atoms with Crippen LogP contribution in [-0.2, 0) is 19.5 Å². The summed E-state index contributed by atoms with van der Waals surface area (Å²) in [6.07, 6.45) is 1.83. The molecule has 0 N–H and O–H groups in total. The van der Waals surface area contributed by atoms with Crippen molar-refractivity contribution in [3.63, 3.8) is 0 Å². The number of unbranched alkanes of at least 4 members (excludes halogenated alkanes) is 1. The van der Waals surface area contributed by atoms with Crippen molar-refractivity contribution in [1.29, 1.82) is 0 Å². The van der Waals surface area contributed by atoms with E-state index >= 15 is 0 Å². The molecule has 0 amide bonds. The van der Waals surface area contributed by atoms with E-state index in [0.717, 1.165) is 42.5 Å². The van der Waals surface area contributed by atoms with Crippen LogP contribution in [0.3, 0.4) is 0 Å². The van der Waals surface area contributed by atoms with Gasteiger partial charge in [-0.2, -0.15) is 12.8 Å². The summed E-state index contributed by atoms with van der Waals surface area (Å²) in [5, 5.41) is 0. The van der Waals surface area contributed by atoms with Crippen LogP contribution in [0.5, 0.6) is 5.75 Å². The summed E-state index contributed by atoms with van der Waals surface area (Å²) in [6.45, 7) is 4.55. The number of ether oxygens (including phenoxy) is 3. The first-order valence-electron chi connectivity index (χ1n) is 10.5. The Morgan fingerprint density at radius 2 is 1.59 bits per heavy atom. The second kappa shape index (κ2) is 11.9. The Morgan fingerprint density at radius 3 is 2.25 bits per heavy atom.